The summed E-state index contributed by atoms with van der Waals surface area (Å²) < 4.78 is 11.7. The number of nitrogens with zero attached hydrogens (tertiary/aromatic N) is 2. The first-order valence-electron chi connectivity index (χ1n) is 10.8. The van der Waals surface area contributed by atoms with E-state index in [2.05, 4.69) is 38.9 Å². The molecule has 3 N–H and O–H groups in total. The van der Waals surface area contributed by atoms with Crippen LogP contribution in [-0.4, -0.2) is 49.2 Å². The van der Waals surface area contributed by atoms with Crippen molar-refractivity contribution >= 4 is 11.9 Å². The molecule has 8 nitrogen and oxygen atoms in total. The van der Waals surface area contributed by atoms with Crippen molar-refractivity contribution in [2.75, 3.05) is 26.2 Å². The van der Waals surface area contributed by atoms with Gasteiger partial charge in [-0.2, -0.15) is 0 Å². The SMILES string of the molecule is CCNC(=NCc1cc2c(cc1OCC)CC(C)O2)NCCNC(=O)c1cccnc1. The minimum absolute atomic E-state index is 0.148. The molecule has 0 saturated carbocycles. The van der Waals surface area contributed by atoms with Crippen molar-refractivity contribution in [2.45, 2.75) is 39.8 Å². The van der Waals surface area contributed by atoms with E-state index in [1.54, 1.807) is 24.5 Å². The van der Waals surface area contributed by atoms with Crippen molar-refractivity contribution in [2.24, 2.45) is 4.99 Å². The molecule has 1 aliphatic heterocycles. The molecule has 1 aliphatic rings. The van der Waals surface area contributed by atoms with Crippen LogP contribution in [0.25, 0.3) is 0 Å². The summed E-state index contributed by atoms with van der Waals surface area (Å²) in [6, 6.07) is 7.58. The fourth-order valence-corrected chi connectivity index (χ4v) is 3.36. The van der Waals surface area contributed by atoms with Gasteiger partial charge >= 0.3 is 0 Å². The van der Waals surface area contributed by atoms with Gasteiger partial charge in [0.15, 0.2) is 5.96 Å². The van der Waals surface area contributed by atoms with Crippen LogP contribution in [0.1, 0.15) is 42.3 Å². The second kappa shape index (κ2) is 11.2. The van der Waals surface area contributed by atoms with Crippen molar-refractivity contribution < 1.29 is 14.3 Å². The maximum Gasteiger partial charge on any atom is 0.252 e. The van der Waals surface area contributed by atoms with Crippen LogP contribution in [0.3, 0.4) is 0 Å². The number of aromatic nitrogens is 1. The zero-order valence-electron chi connectivity index (χ0n) is 18.4. The highest BCUT2D eigenvalue weighted by molar-refractivity contribution is 5.93. The van der Waals surface area contributed by atoms with Crippen molar-refractivity contribution in [3.8, 4) is 11.5 Å². The molecule has 1 aromatic heterocycles. The van der Waals surface area contributed by atoms with Crippen LogP contribution in [0.5, 0.6) is 11.5 Å². The summed E-state index contributed by atoms with van der Waals surface area (Å²) in [7, 11) is 0. The van der Waals surface area contributed by atoms with Crippen molar-refractivity contribution in [1.82, 2.24) is 20.9 Å². The predicted octanol–water partition coefficient (Wildman–Crippen LogP) is 2.29. The molecule has 0 fully saturated rings. The van der Waals surface area contributed by atoms with Gasteiger partial charge in [0.2, 0.25) is 0 Å². The van der Waals surface area contributed by atoms with Crippen LogP contribution < -0.4 is 25.4 Å². The number of ether oxygens (including phenoxy) is 2. The summed E-state index contributed by atoms with van der Waals surface area (Å²) in [5, 5.41) is 9.34. The van der Waals surface area contributed by atoms with E-state index in [4.69, 9.17) is 9.47 Å². The molecule has 2 heterocycles. The molecular formula is C23H31N5O3. The largest absolute Gasteiger partial charge is 0.494 e. The molecule has 3 rings (SSSR count). The monoisotopic (exact) mass is 425 g/mol. The summed E-state index contributed by atoms with van der Waals surface area (Å²) in [6.45, 7) is 8.85. The van der Waals surface area contributed by atoms with E-state index in [1.165, 1.54) is 5.56 Å². The normalized spacial score (nSPS) is 15.1. The number of carbonyl (C=O) groups is 1. The van der Waals surface area contributed by atoms with Gasteiger partial charge < -0.3 is 25.4 Å². The quantitative estimate of drug-likeness (QED) is 0.324. The summed E-state index contributed by atoms with van der Waals surface area (Å²) in [5.74, 6) is 2.29. The molecule has 1 atom stereocenters. The van der Waals surface area contributed by atoms with Crippen molar-refractivity contribution in [1.29, 1.82) is 0 Å². The standard InChI is InChI=1S/C23H31N5O3/c1-4-25-23(27-10-9-26-22(29)17-7-6-8-24-14-17)28-15-19-13-21-18(11-16(3)31-21)12-20(19)30-5-2/h6-8,12-14,16H,4-5,9-11,15H2,1-3H3,(H,26,29)(H2,25,27,28). The zero-order valence-corrected chi connectivity index (χ0v) is 18.4. The first-order valence-corrected chi connectivity index (χ1v) is 10.8. The van der Waals surface area contributed by atoms with Crippen LogP contribution in [-0.2, 0) is 13.0 Å². The molecule has 0 spiro atoms. The van der Waals surface area contributed by atoms with Gasteiger partial charge in [-0.1, -0.05) is 0 Å². The van der Waals surface area contributed by atoms with Crippen molar-refractivity contribution in [3.63, 3.8) is 0 Å². The van der Waals surface area contributed by atoms with Gasteiger partial charge in [0, 0.05) is 49.6 Å². The van der Waals surface area contributed by atoms with Crippen LogP contribution in [0.2, 0.25) is 0 Å². The number of guanidine groups is 1. The number of rotatable bonds is 9. The maximum absolute atomic E-state index is 12.1. The Morgan fingerprint density at radius 3 is 2.84 bits per heavy atom. The third-order valence-electron chi connectivity index (χ3n) is 4.76. The number of hydrogen-bond acceptors (Lipinski definition) is 5. The Kier molecular flexibility index (Phi) is 8.09. The Morgan fingerprint density at radius 1 is 1.26 bits per heavy atom. The predicted molar refractivity (Wildman–Crippen MR) is 121 cm³/mol. The molecule has 1 unspecified atom stereocenters. The molecule has 0 bridgehead atoms. The summed E-state index contributed by atoms with van der Waals surface area (Å²) >= 11 is 0. The number of pyridine rings is 1. The zero-order chi connectivity index (χ0) is 22.1. The Bertz CT molecular complexity index is 902. The smallest absolute Gasteiger partial charge is 0.252 e. The lowest BCUT2D eigenvalue weighted by atomic mass is 10.1. The van der Waals surface area contributed by atoms with E-state index >= 15 is 0 Å². The average molecular weight is 426 g/mol. The van der Waals surface area contributed by atoms with E-state index in [-0.39, 0.29) is 12.0 Å². The summed E-state index contributed by atoms with van der Waals surface area (Å²) in [5.41, 5.74) is 2.70. The van der Waals surface area contributed by atoms with Gasteiger partial charge in [-0.25, -0.2) is 4.99 Å². The second-order valence-electron chi connectivity index (χ2n) is 7.25. The van der Waals surface area contributed by atoms with Gasteiger partial charge in [0.1, 0.15) is 17.6 Å². The van der Waals surface area contributed by atoms with Crippen LogP contribution >= 0.6 is 0 Å². The molecule has 0 saturated heterocycles. The van der Waals surface area contributed by atoms with E-state index in [1.807, 2.05) is 19.9 Å². The fourth-order valence-electron chi connectivity index (χ4n) is 3.36. The molecule has 0 radical (unpaired) electrons. The molecular weight excluding hydrogens is 394 g/mol. The number of fused-ring (bicyclic) bond motifs is 1. The highest BCUT2D eigenvalue weighted by Gasteiger charge is 2.21. The van der Waals surface area contributed by atoms with E-state index in [9.17, 15) is 4.79 Å². The number of benzene rings is 1. The molecule has 31 heavy (non-hydrogen) atoms. The number of amides is 1. The first kappa shape index (κ1) is 22.4. The first-order chi connectivity index (χ1) is 15.1. The van der Waals surface area contributed by atoms with Crippen molar-refractivity contribution in [3.05, 3.63) is 53.3 Å². The van der Waals surface area contributed by atoms with Crippen LogP contribution in [0.4, 0.5) is 0 Å². The highest BCUT2D eigenvalue weighted by Crippen LogP contribution is 2.35. The maximum atomic E-state index is 12.1. The fraction of sp³-hybridized carbons (Fsp3) is 0.435. The molecule has 1 aromatic carbocycles. The molecule has 1 amide bonds. The van der Waals surface area contributed by atoms with E-state index < -0.39 is 0 Å². The van der Waals surface area contributed by atoms with Gasteiger partial charge in [-0.15, -0.1) is 0 Å². The number of aliphatic imine (C=N–C) groups is 1. The minimum atomic E-state index is -0.148. The van der Waals surface area contributed by atoms with Gasteiger partial charge in [0.05, 0.1) is 18.7 Å². The second-order valence-corrected chi connectivity index (χ2v) is 7.25. The van der Waals surface area contributed by atoms with E-state index in [0.29, 0.717) is 37.8 Å². The third kappa shape index (κ3) is 6.34. The van der Waals surface area contributed by atoms with Gasteiger partial charge in [0.25, 0.3) is 5.91 Å². The van der Waals surface area contributed by atoms with Crippen LogP contribution in [0.15, 0.2) is 41.7 Å². The summed E-state index contributed by atoms with van der Waals surface area (Å²) in [6.07, 6.45) is 4.27. The number of carbonyl (C=O) groups excluding carboxylic acids is 1. The van der Waals surface area contributed by atoms with E-state index in [0.717, 1.165) is 30.0 Å². The third-order valence-corrected chi connectivity index (χ3v) is 4.76. The number of hydrogen-bond donors (Lipinski definition) is 3. The van der Waals surface area contributed by atoms with Crippen LogP contribution in [0, 0.1) is 0 Å². The Balaban J connectivity index is 1.58. The van der Waals surface area contributed by atoms with Gasteiger partial charge in [-0.3, -0.25) is 9.78 Å². The number of nitrogens with one attached hydrogen (secondary N) is 3. The highest BCUT2D eigenvalue weighted by atomic mass is 16.5. The Hall–Kier alpha value is -3.29. The Morgan fingerprint density at radius 2 is 2.10 bits per heavy atom. The molecule has 166 valence electrons. The molecule has 0 aliphatic carbocycles. The summed E-state index contributed by atoms with van der Waals surface area (Å²) in [4.78, 5) is 20.7. The lowest BCUT2D eigenvalue weighted by molar-refractivity contribution is 0.0954. The molecule has 2 aromatic rings. The lowest BCUT2D eigenvalue weighted by Crippen LogP contribution is -2.41. The average Bonchev–Trinajstić information content (AvgIpc) is 3.14. The topological polar surface area (TPSA) is 96.9 Å². The molecule has 8 heteroatoms. The Labute approximate surface area is 183 Å². The minimum Gasteiger partial charge on any atom is -0.494 e. The van der Waals surface area contributed by atoms with Gasteiger partial charge in [-0.05, 0) is 45.0 Å². The lowest BCUT2D eigenvalue weighted by Gasteiger charge is -2.14.